The molecule has 644 valence electrons. The Hall–Kier alpha value is -14.7. The summed E-state index contributed by atoms with van der Waals surface area (Å²) in [4.78, 5) is 124. The summed E-state index contributed by atoms with van der Waals surface area (Å²) in [5.41, 5.74) is 9.03. The van der Waals surface area contributed by atoms with Gasteiger partial charge in [-0.3, -0.25) is 39.1 Å². The summed E-state index contributed by atoms with van der Waals surface area (Å²) in [5.74, 6) is 12.3. The van der Waals surface area contributed by atoms with Gasteiger partial charge in [-0.25, -0.2) is 19.2 Å². The first kappa shape index (κ1) is 89.0. The molecule has 12 aromatic rings. The number of anilines is 4. The van der Waals surface area contributed by atoms with Crippen LogP contribution in [-0.4, -0.2) is 207 Å². The van der Waals surface area contributed by atoms with Crippen LogP contribution in [0.4, 0.5) is 41.9 Å². The number of carbonyl (C=O) groups excluding carboxylic acids is 8. The van der Waals surface area contributed by atoms with Crippen LogP contribution >= 0.6 is 31.9 Å². The van der Waals surface area contributed by atoms with Crippen LogP contribution < -0.4 is 59.8 Å². The number of amides is 8. The highest BCUT2D eigenvalue weighted by molar-refractivity contribution is 9.10. The number of nitrogens with one attached hydrogen (secondary N) is 4. The van der Waals surface area contributed by atoms with Crippen LogP contribution in [0, 0.1) is 23.7 Å². The van der Waals surface area contributed by atoms with Crippen molar-refractivity contribution in [3.63, 3.8) is 0 Å². The van der Waals surface area contributed by atoms with Crippen molar-refractivity contribution in [3.8, 4) is 46.7 Å². The first-order valence-corrected chi connectivity index (χ1v) is 40.9. The number of benzene rings is 4. The lowest BCUT2D eigenvalue weighted by Gasteiger charge is -2.20. The predicted molar refractivity (Wildman–Crippen MR) is 471 cm³/mol. The van der Waals surface area contributed by atoms with Crippen LogP contribution in [0.25, 0.3) is 0 Å². The van der Waals surface area contributed by atoms with E-state index in [1.807, 2.05) is 60.7 Å². The van der Waals surface area contributed by atoms with Gasteiger partial charge in [-0.15, -0.1) is 0 Å². The molecule has 34 nitrogen and oxygen atoms in total. The molecule has 0 spiro atoms. The fraction of sp³-hybridized carbons (Fsp3) is 0.244. The van der Waals surface area contributed by atoms with Crippen molar-refractivity contribution in [2.75, 3.05) is 74.2 Å². The molecule has 3 unspecified atom stereocenters. The summed E-state index contributed by atoms with van der Waals surface area (Å²) in [5, 5.41) is 47.0. The van der Waals surface area contributed by atoms with E-state index in [4.69, 9.17) is 18.9 Å². The first-order valence-electron chi connectivity index (χ1n) is 39.3. The van der Waals surface area contributed by atoms with Gasteiger partial charge in [0, 0.05) is 148 Å². The third-order valence-corrected chi connectivity index (χ3v) is 20.6. The Morgan fingerprint density at radius 2 is 0.595 bits per heavy atom. The van der Waals surface area contributed by atoms with Gasteiger partial charge >= 0.3 is 24.1 Å². The number of fused-ring (bicyclic) bond motifs is 4. The number of likely N-dealkylation sites (N-methyl/N-ethyl adjacent to an activating group) is 4. The number of hydrogen-bond acceptors (Lipinski definition) is 22. The second-order valence-electron chi connectivity index (χ2n) is 30.4. The van der Waals surface area contributed by atoms with E-state index in [0.717, 1.165) is 53.5 Å². The Morgan fingerprint density at radius 1 is 0.365 bits per heavy atom. The molecule has 8 aromatic heterocycles. The highest BCUT2D eigenvalue weighted by Crippen LogP contribution is 2.37. The van der Waals surface area contributed by atoms with E-state index in [9.17, 15) is 48.6 Å². The Bertz CT molecular complexity index is 5750. The molecule has 16 rings (SSSR count). The average molecular weight is 1830 g/mol. The number of nitrogens with zero attached hydrogens (tertiary/aromatic N) is 16. The zero-order valence-corrected chi connectivity index (χ0v) is 72.6. The van der Waals surface area contributed by atoms with E-state index in [1.165, 1.54) is 38.3 Å². The summed E-state index contributed by atoms with van der Waals surface area (Å²) in [6.45, 7) is 6.40. The highest BCUT2D eigenvalue weighted by Gasteiger charge is 2.36. The van der Waals surface area contributed by atoms with Gasteiger partial charge in [0.1, 0.15) is 84.8 Å². The van der Waals surface area contributed by atoms with Crippen molar-refractivity contribution in [1.29, 1.82) is 0 Å². The summed E-state index contributed by atoms with van der Waals surface area (Å²) in [6.07, 6.45) is 29.2. The summed E-state index contributed by atoms with van der Waals surface area (Å²) < 4.78 is 29.5. The minimum atomic E-state index is -1.13. The third kappa shape index (κ3) is 23.5. The van der Waals surface area contributed by atoms with Gasteiger partial charge in [0.25, 0.3) is 23.6 Å². The summed E-state index contributed by atoms with van der Waals surface area (Å²) in [6, 6.07) is 30.9. The van der Waals surface area contributed by atoms with Gasteiger partial charge in [-0.2, -0.15) is 39.1 Å². The van der Waals surface area contributed by atoms with Crippen LogP contribution in [0.15, 0.2) is 229 Å². The zero-order chi connectivity index (χ0) is 89.3. The second kappa shape index (κ2) is 40.1. The van der Waals surface area contributed by atoms with Crippen molar-refractivity contribution >= 4 is 102 Å². The third-order valence-electron chi connectivity index (χ3n) is 19.6. The Kier molecular flexibility index (Phi) is 28.3. The second-order valence-corrected chi connectivity index (χ2v) is 32.2. The molecule has 0 fully saturated rings. The maximum absolute atomic E-state index is 13.1. The first-order chi connectivity index (χ1) is 60.4. The fourth-order valence-electron chi connectivity index (χ4n) is 13.0. The molecule has 4 aromatic carbocycles. The molecule has 4 aliphatic rings. The number of aliphatic hydroxyl groups is 2. The fourth-order valence-corrected chi connectivity index (χ4v) is 13.7. The minimum absolute atomic E-state index is 0.0260. The van der Waals surface area contributed by atoms with E-state index in [-0.39, 0.29) is 50.1 Å². The topological polar surface area (TPSA) is 398 Å². The molecule has 6 N–H and O–H groups in total. The van der Waals surface area contributed by atoms with Gasteiger partial charge in [0.05, 0.1) is 47.5 Å². The van der Waals surface area contributed by atoms with Crippen molar-refractivity contribution in [2.24, 2.45) is 0 Å². The maximum atomic E-state index is 13.1. The van der Waals surface area contributed by atoms with Crippen molar-refractivity contribution in [1.82, 2.24) is 80.3 Å². The standard InChI is InChI=1S/2C25H25N5O4.2C20H18BrN5O3/c2*1-25(2,33)9-6-17-4-5-22-21(13-17)29(3)23(31)20(16-34-22)28-24(32)30-15-19(14-27-30)12-18-7-10-26-11-8-18;2*1-25-17-9-15(21)2-3-18(17)29-12-16(19(25)27)24-20(28)26-11-14(10-23-26)8-13-4-6-22-7-5-13/h2*4-5,7-8,10-11,13-15,20,33H,12,16H2,1-3H3,(H,28,32);2*2-7,9-11,16H,8,12H2,1H3,(H,24,28)/t;;16-;/m..1./s1. The van der Waals surface area contributed by atoms with Crippen LogP contribution in [0.1, 0.15) is 83.3 Å². The van der Waals surface area contributed by atoms with Crippen LogP contribution in [0.3, 0.4) is 0 Å². The maximum Gasteiger partial charge on any atom is 0.342 e. The van der Waals surface area contributed by atoms with Gasteiger partial charge in [-0.1, -0.05) is 55.5 Å². The lowest BCUT2D eigenvalue weighted by Crippen LogP contribution is -2.50. The molecule has 4 atom stereocenters. The molecule has 0 bridgehead atoms. The molecule has 0 radical (unpaired) electrons. The number of carbonyl (C=O) groups is 8. The van der Waals surface area contributed by atoms with Crippen molar-refractivity contribution in [3.05, 3.63) is 285 Å². The molecule has 126 heavy (non-hydrogen) atoms. The molecule has 12 heterocycles. The largest absolute Gasteiger partial charge is 0.489 e. The Labute approximate surface area is 740 Å². The molecule has 0 saturated carbocycles. The lowest BCUT2D eigenvalue weighted by molar-refractivity contribution is -0.121. The quantitative estimate of drug-likeness (QED) is 0.0620. The van der Waals surface area contributed by atoms with Gasteiger partial charge in [-0.05, 0) is 194 Å². The summed E-state index contributed by atoms with van der Waals surface area (Å²) in [7, 11) is 6.54. The van der Waals surface area contributed by atoms with E-state index >= 15 is 0 Å². The van der Waals surface area contributed by atoms with Crippen LogP contribution in [0.2, 0.25) is 0 Å². The van der Waals surface area contributed by atoms with Crippen molar-refractivity contribution in [2.45, 2.75) is 88.7 Å². The number of hydrogen-bond donors (Lipinski definition) is 6. The number of aromatic nitrogens is 12. The highest BCUT2D eigenvalue weighted by atomic mass is 79.9. The monoisotopic (exact) mass is 1830 g/mol. The minimum Gasteiger partial charge on any atom is -0.489 e. The SMILES string of the molecule is CN1C(=O)C(NC(=O)n2cc(Cc3ccncc3)cn2)COc2ccc(Br)cc21.CN1C(=O)C(NC(=O)n2cc(Cc3ccncc3)cn2)COc2ccc(C#CC(C)(C)O)cc21.CN1C(=O)C(NC(=O)n2cc(Cc3ccncc3)cn2)COc2ccc(C#CC(C)(C)O)cc21.CN1C(=O)[C@H](NC(=O)n2cc(Cc3ccncc3)cn2)COc2ccc(Br)cc21. The number of halogens is 2. The average Bonchev–Trinajstić information content (AvgIpc) is 1.67. The predicted octanol–water partition coefficient (Wildman–Crippen LogP) is 9.17. The number of rotatable bonds is 12. The Morgan fingerprint density at radius 3 is 0.833 bits per heavy atom. The van der Waals surface area contributed by atoms with Gasteiger partial charge in [0.2, 0.25) is 0 Å². The molecule has 36 heteroatoms. The number of ether oxygens (including phenoxy) is 4. The van der Waals surface area contributed by atoms with Crippen LogP contribution in [-0.2, 0) is 44.9 Å². The molecular weight excluding hydrogens is 1740 g/mol. The van der Waals surface area contributed by atoms with E-state index in [1.54, 1.807) is 216 Å². The van der Waals surface area contributed by atoms with Crippen LogP contribution in [0.5, 0.6) is 23.0 Å². The van der Waals surface area contributed by atoms with Gasteiger partial charge < -0.3 is 70.0 Å². The smallest absolute Gasteiger partial charge is 0.342 e. The number of pyridine rings is 4. The zero-order valence-electron chi connectivity index (χ0n) is 69.5. The molecule has 4 aliphatic heterocycles. The normalized spacial score (nSPS) is 15.7. The lowest BCUT2D eigenvalue weighted by atomic mass is 10.1. The van der Waals surface area contributed by atoms with Crippen molar-refractivity contribution < 1.29 is 67.5 Å². The molecule has 0 saturated heterocycles. The van der Waals surface area contributed by atoms with E-state index in [0.29, 0.717) is 82.6 Å². The molecular formula is C90H86Br2N20O14. The van der Waals surface area contributed by atoms with E-state index < -0.39 is 59.5 Å². The summed E-state index contributed by atoms with van der Waals surface area (Å²) >= 11 is 6.79. The van der Waals surface area contributed by atoms with E-state index in [2.05, 4.69) is 117 Å². The van der Waals surface area contributed by atoms with Gasteiger partial charge in [0.15, 0.2) is 0 Å². The molecule has 0 aliphatic carbocycles. The molecule has 8 amide bonds. The Balaban J connectivity index is 0.000000144.